The zero-order valence-corrected chi connectivity index (χ0v) is 20.7. The molecule has 2 atom stereocenters. The van der Waals surface area contributed by atoms with Gasteiger partial charge in [0, 0.05) is 22.3 Å². The van der Waals surface area contributed by atoms with Crippen molar-refractivity contribution in [3.05, 3.63) is 99.6 Å². The van der Waals surface area contributed by atoms with Crippen LogP contribution in [0.1, 0.15) is 30.2 Å². The molecule has 3 N–H and O–H groups in total. The van der Waals surface area contributed by atoms with Crippen molar-refractivity contribution < 1.29 is 29.0 Å². The van der Waals surface area contributed by atoms with Gasteiger partial charge in [0.2, 0.25) is 0 Å². The van der Waals surface area contributed by atoms with Crippen molar-refractivity contribution in [1.29, 1.82) is 0 Å². The molecule has 0 aliphatic carbocycles. The lowest BCUT2D eigenvalue weighted by atomic mass is 10.0. The van der Waals surface area contributed by atoms with E-state index < -0.39 is 30.0 Å². The van der Waals surface area contributed by atoms with E-state index in [-0.39, 0.29) is 31.0 Å². The van der Waals surface area contributed by atoms with Crippen LogP contribution in [0.5, 0.6) is 5.75 Å². The Morgan fingerprint density at radius 1 is 1.03 bits per heavy atom. The highest BCUT2D eigenvalue weighted by Gasteiger charge is 2.23. The zero-order valence-electron chi connectivity index (χ0n) is 19.9. The first kappa shape index (κ1) is 26.6. The molecule has 0 fully saturated rings. The van der Waals surface area contributed by atoms with Crippen LogP contribution in [-0.4, -0.2) is 45.1 Å². The molecular weight excluding hydrogens is 516 g/mol. The van der Waals surface area contributed by atoms with Gasteiger partial charge in [-0.25, -0.2) is 4.79 Å². The summed E-state index contributed by atoms with van der Waals surface area (Å²) in [5.41, 5.74) is 6.50. The van der Waals surface area contributed by atoms with Crippen LogP contribution in [0.3, 0.4) is 0 Å². The van der Waals surface area contributed by atoms with Crippen molar-refractivity contribution >= 4 is 35.1 Å². The third kappa shape index (κ3) is 6.84. The molecule has 1 aliphatic heterocycles. The van der Waals surface area contributed by atoms with Crippen LogP contribution in [0.4, 0.5) is 5.82 Å². The summed E-state index contributed by atoms with van der Waals surface area (Å²) >= 11 is 5.90. The van der Waals surface area contributed by atoms with E-state index in [1.165, 1.54) is 16.8 Å². The Kier molecular flexibility index (Phi) is 8.51. The van der Waals surface area contributed by atoms with E-state index in [0.29, 0.717) is 21.9 Å². The third-order valence-electron chi connectivity index (χ3n) is 5.45. The van der Waals surface area contributed by atoms with Crippen molar-refractivity contribution in [2.75, 3.05) is 12.3 Å². The second-order valence-corrected chi connectivity index (χ2v) is 8.57. The summed E-state index contributed by atoms with van der Waals surface area (Å²) in [6.45, 7) is -0.0815. The highest BCUT2D eigenvalue weighted by molar-refractivity contribution is 6.30. The van der Waals surface area contributed by atoms with Gasteiger partial charge in [0.25, 0.3) is 0 Å². The highest BCUT2D eigenvalue weighted by Crippen LogP contribution is 2.21. The van der Waals surface area contributed by atoms with Crippen molar-refractivity contribution in [1.82, 2.24) is 9.55 Å². The monoisotopic (exact) mass is 538 g/mol. The number of aromatic nitrogens is 2. The van der Waals surface area contributed by atoms with Gasteiger partial charge in [-0.2, -0.15) is 4.98 Å². The molecule has 3 aromatic rings. The number of halogens is 1. The molecule has 0 amide bonds. The minimum atomic E-state index is -0.688. The molecule has 4 rings (SSSR count). The Hall–Kier alpha value is -4.48. The molecular formula is C26H23ClN4O7. The van der Waals surface area contributed by atoms with E-state index in [2.05, 4.69) is 10.1 Å². The van der Waals surface area contributed by atoms with Gasteiger partial charge in [-0.15, -0.1) is 0 Å². The number of esters is 2. The number of benzene rings is 2. The number of hydrogen-bond donors (Lipinski definition) is 2. The average Bonchev–Trinajstić information content (AvgIpc) is 3.37. The first-order valence-electron chi connectivity index (χ1n) is 11.5. The van der Waals surface area contributed by atoms with Gasteiger partial charge >= 0.3 is 17.6 Å². The van der Waals surface area contributed by atoms with Crippen LogP contribution in [0.2, 0.25) is 5.02 Å². The second kappa shape index (κ2) is 12.2. The van der Waals surface area contributed by atoms with Gasteiger partial charge in [-0.1, -0.05) is 35.0 Å². The Morgan fingerprint density at radius 2 is 1.68 bits per heavy atom. The average molecular weight is 539 g/mol. The number of anilines is 1. The lowest BCUT2D eigenvalue weighted by Gasteiger charge is -2.16. The Bertz CT molecular complexity index is 1420. The molecule has 196 valence electrons. The number of carbonyl (C=O) groups is 2. The Morgan fingerprint density at radius 3 is 2.34 bits per heavy atom. The molecule has 2 aromatic carbocycles. The van der Waals surface area contributed by atoms with Crippen LogP contribution in [0.15, 0.2) is 82.9 Å². The van der Waals surface area contributed by atoms with Gasteiger partial charge in [-0.3, -0.25) is 14.2 Å². The van der Waals surface area contributed by atoms with E-state index in [0.717, 1.165) is 0 Å². The number of oxime groups is 1. The van der Waals surface area contributed by atoms with Gasteiger partial charge in [0.15, 0.2) is 6.23 Å². The first-order valence-corrected chi connectivity index (χ1v) is 11.8. The number of nitrogens with zero attached hydrogens (tertiary/aromatic N) is 3. The minimum Gasteiger partial charge on any atom is -0.463 e. The first-order chi connectivity index (χ1) is 18.3. The minimum absolute atomic E-state index is 0.0815. The third-order valence-corrected chi connectivity index (χ3v) is 5.70. The standard InChI is InChI=1S/C26H23ClN4O7/c27-18-5-1-16(2-6-18)25(30-35)17-3-7-19(8-4-17)38-24(33)12-11-23(32)36-15-20-9-10-22(37-20)31-14-13-21(28)29-26(31)34/h1-10,13-14,20,22,35H,11-12,15H2,(H2,28,29,34)/b30-25+. The molecule has 0 bridgehead atoms. The fourth-order valence-corrected chi connectivity index (χ4v) is 3.69. The lowest BCUT2D eigenvalue weighted by Crippen LogP contribution is -2.28. The Labute approximate surface area is 221 Å². The molecule has 11 nitrogen and oxygen atoms in total. The highest BCUT2D eigenvalue weighted by atomic mass is 35.5. The van der Waals surface area contributed by atoms with Gasteiger partial charge in [0.05, 0.1) is 12.8 Å². The van der Waals surface area contributed by atoms with Crippen LogP contribution < -0.4 is 16.2 Å². The van der Waals surface area contributed by atoms with Crippen molar-refractivity contribution in [3.63, 3.8) is 0 Å². The second-order valence-electron chi connectivity index (χ2n) is 8.13. The maximum atomic E-state index is 12.2. The largest absolute Gasteiger partial charge is 0.463 e. The fraction of sp³-hybridized carbons (Fsp3) is 0.192. The smallest absolute Gasteiger partial charge is 0.351 e. The topological polar surface area (TPSA) is 155 Å². The van der Waals surface area contributed by atoms with E-state index in [4.69, 9.17) is 31.5 Å². The van der Waals surface area contributed by atoms with Crippen molar-refractivity contribution in [3.8, 4) is 5.75 Å². The number of nitrogens with two attached hydrogens (primary N) is 1. The molecule has 1 aliphatic rings. The van der Waals surface area contributed by atoms with Crippen molar-refractivity contribution in [2.45, 2.75) is 25.2 Å². The number of carbonyl (C=O) groups excluding carboxylic acids is 2. The molecule has 0 saturated carbocycles. The van der Waals surface area contributed by atoms with Crippen LogP contribution in [0.25, 0.3) is 0 Å². The molecule has 1 aromatic heterocycles. The van der Waals surface area contributed by atoms with Crippen LogP contribution in [-0.2, 0) is 19.1 Å². The van der Waals surface area contributed by atoms with E-state index in [1.807, 2.05) is 0 Å². The number of ether oxygens (including phenoxy) is 3. The SMILES string of the molecule is Nc1ccn(C2C=CC(COC(=O)CCC(=O)Oc3ccc(/C(=N/O)c4ccc(Cl)cc4)cc3)O2)c(=O)n1. The van der Waals surface area contributed by atoms with E-state index >= 15 is 0 Å². The molecule has 0 spiro atoms. The van der Waals surface area contributed by atoms with Gasteiger partial charge in [0.1, 0.15) is 30.0 Å². The summed E-state index contributed by atoms with van der Waals surface area (Å²) in [4.78, 5) is 39.8. The normalized spacial score (nSPS) is 16.8. The zero-order chi connectivity index (χ0) is 27.1. The van der Waals surface area contributed by atoms with Crippen LogP contribution >= 0.6 is 11.6 Å². The summed E-state index contributed by atoms with van der Waals surface area (Å²) in [5, 5.41) is 13.3. The van der Waals surface area contributed by atoms with Gasteiger partial charge < -0.3 is 25.2 Å². The van der Waals surface area contributed by atoms with Crippen LogP contribution in [0, 0.1) is 0 Å². The maximum absolute atomic E-state index is 12.2. The van der Waals surface area contributed by atoms with E-state index in [9.17, 15) is 19.6 Å². The molecule has 12 heteroatoms. The molecule has 0 radical (unpaired) electrons. The lowest BCUT2D eigenvalue weighted by molar-refractivity contribution is -0.150. The molecule has 38 heavy (non-hydrogen) atoms. The quantitative estimate of drug-likeness (QED) is 0.104. The number of hydrogen-bond acceptors (Lipinski definition) is 10. The predicted molar refractivity (Wildman–Crippen MR) is 137 cm³/mol. The summed E-state index contributed by atoms with van der Waals surface area (Å²) < 4.78 is 17.4. The number of rotatable bonds is 9. The Balaban J connectivity index is 1.20. The van der Waals surface area contributed by atoms with Crippen molar-refractivity contribution in [2.24, 2.45) is 5.16 Å². The summed E-state index contributed by atoms with van der Waals surface area (Å²) in [6, 6.07) is 14.6. The summed E-state index contributed by atoms with van der Waals surface area (Å²) in [6.07, 6.45) is 3.16. The number of nitrogen functional groups attached to an aromatic ring is 1. The maximum Gasteiger partial charge on any atom is 0.351 e. The fourth-order valence-electron chi connectivity index (χ4n) is 3.57. The molecule has 2 heterocycles. The summed E-state index contributed by atoms with van der Waals surface area (Å²) in [5.74, 6) is -0.844. The van der Waals surface area contributed by atoms with Gasteiger partial charge in [-0.05, 0) is 48.5 Å². The molecule has 0 saturated heterocycles. The predicted octanol–water partition coefficient (Wildman–Crippen LogP) is 3.09. The van der Waals surface area contributed by atoms with E-state index in [1.54, 1.807) is 60.7 Å². The summed E-state index contributed by atoms with van der Waals surface area (Å²) in [7, 11) is 0. The molecule has 2 unspecified atom stereocenters.